The van der Waals surface area contributed by atoms with Crippen LogP contribution in [0.2, 0.25) is 0 Å². The molecule has 0 N–H and O–H groups in total. The molecule has 1 aliphatic heterocycles. The second-order valence-corrected chi connectivity index (χ2v) is 4.44. The summed E-state index contributed by atoms with van der Waals surface area (Å²) in [5.41, 5.74) is 0.693. The third-order valence-corrected chi connectivity index (χ3v) is 3.09. The van der Waals surface area contributed by atoms with Crippen molar-refractivity contribution in [2.75, 3.05) is 18.0 Å². The van der Waals surface area contributed by atoms with E-state index in [0.29, 0.717) is 18.8 Å². The first-order valence-electron chi connectivity index (χ1n) is 5.98. The molecule has 1 aromatic rings. The Balaban J connectivity index is 2.05. The van der Waals surface area contributed by atoms with Gasteiger partial charge in [0.1, 0.15) is 5.75 Å². The number of alkyl halides is 3. The first kappa shape index (κ1) is 13.5. The minimum Gasteiger partial charge on any atom is -0.406 e. The maximum atomic E-state index is 12.1. The molecule has 0 atom stereocenters. The van der Waals surface area contributed by atoms with E-state index in [0.717, 1.165) is 12.8 Å². The van der Waals surface area contributed by atoms with Crippen molar-refractivity contribution in [1.82, 2.24) is 0 Å². The zero-order chi connectivity index (χ0) is 13.9. The summed E-state index contributed by atoms with van der Waals surface area (Å²) in [6.07, 6.45) is -3.20. The molecule has 0 aliphatic carbocycles. The molecular weight excluding hydrogens is 257 g/mol. The van der Waals surface area contributed by atoms with Crippen molar-refractivity contribution in [3.05, 3.63) is 24.3 Å². The monoisotopic (exact) mass is 270 g/mol. The molecule has 102 valence electrons. The van der Waals surface area contributed by atoms with Gasteiger partial charge in [0, 0.05) is 30.8 Å². The van der Waals surface area contributed by atoms with Crippen molar-refractivity contribution in [3.8, 4) is 11.8 Å². The van der Waals surface area contributed by atoms with Crippen LogP contribution in [0.1, 0.15) is 12.8 Å². The Kier molecular flexibility index (Phi) is 3.84. The van der Waals surface area contributed by atoms with Gasteiger partial charge in [0.05, 0.1) is 6.07 Å². The van der Waals surface area contributed by atoms with E-state index in [4.69, 9.17) is 5.26 Å². The van der Waals surface area contributed by atoms with Crippen LogP contribution in [0.25, 0.3) is 0 Å². The first-order chi connectivity index (χ1) is 8.98. The van der Waals surface area contributed by atoms with Crippen LogP contribution in [0.5, 0.6) is 5.75 Å². The average molecular weight is 270 g/mol. The normalized spacial score (nSPS) is 17.1. The second kappa shape index (κ2) is 5.39. The number of ether oxygens (including phenoxy) is 1. The zero-order valence-electron chi connectivity index (χ0n) is 10.2. The average Bonchev–Trinajstić information content (AvgIpc) is 2.37. The van der Waals surface area contributed by atoms with Crippen LogP contribution in [0, 0.1) is 17.2 Å². The fraction of sp³-hybridized carbons (Fsp3) is 0.462. The van der Waals surface area contributed by atoms with Gasteiger partial charge in [0.2, 0.25) is 0 Å². The standard InChI is InChI=1S/C13H13F3N2O/c14-13(15,16)19-12-3-1-2-11(8-12)18-6-4-10(9-17)5-7-18/h1-3,8,10H,4-7H2. The lowest BCUT2D eigenvalue weighted by atomic mass is 9.98. The Morgan fingerprint density at radius 3 is 2.53 bits per heavy atom. The number of rotatable bonds is 2. The number of hydrogen-bond donors (Lipinski definition) is 0. The predicted molar refractivity (Wildman–Crippen MR) is 63.7 cm³/mol. The van der Waals surface area contributed by atoms with Gasteiger partial charge in [-0.3, -0.25) is 0 Å². The largest absolute Gasteiger partial charge is 0.573 e. The van der Waals surface area contributed by atoms with Crippen LogP contribution >= 0.6 is 0 Å². The van der Waals surface area contributed by atoms with Gasteiger partial charge < -0.3 is 9.64 Å². The quantitative estimate of drug-likeness (QED) is 0.827. The highest BCUT2D eigenvalue weighted by Gasteiger charge is 2.31. The highest BCUT2D eigenvalue weighted by Crippen LogP contribution is 2.29. The van der Waals surface area contributed by atoms with Crippen molar-refractivity contribution in [2.45, 2.75) is 19.2 Å². The van der Waals surface area contributed by atoms with Crippen LogP contribution in [-0.4, -0.2) is 19.5 Å². The number of benzene rings is 1. The van der Waals surface area contributed by atoms with Crippen molar-refractivity contribution in [1.29, 1.82) is 5.26 Å². The van der Waals surface area contributed by atoms with Crippen molar-refractivity contribution < 1.29 is 17.9 Å². The molecule has 0 aromatic heterocycles. The van der Waals surface area contributed by atoms with E-state index in [1.54, 1.807) is 6.07 Å². The summed E-state index contributed by atoms with van der Waals surface area (Å²) in [5, 5.41) is 8.81. The number of nitrogens with zero attached hydrogens (tertiary/aromatic N) is 2. The number of piperidine rings is 1. The minimum absolute atomic E-state index is 0.0471. The zero-order valence-corrected chi connectivity index (χ0v) is 10.2. The molecule has 1 fully saturated rings. The SMILES string of the molecule is N#CC1CCN(c2cccc(OC(F)(F)F)c2)CC1. The van der Waals surface area contributed by atoms with Gasteiger partial charge in [-0.2, -0.15) is 5.26 Å². The van der Waals surface area contributed by atoms with Crippen molar-refractivity contribution in [2.24, 2.45) is 5.92 Å². The van der Waals surface area contributed by atoms with Crippen molar-refractivity contribution in [3.63, 3.8) is 0 Å². The van der Waals surface area contributed by atoms with Crippen LogP contribution in [0.15, 0.2) is 24.3 Å². The molecule has 1 aliphatic rings. The maximum Gasteiger partial charge on any atom is 0.573 e. The lowest BCUT2D eigenvalue weighted by molar-refractivity contribution is -0.274. The summed E-state index contributed by atoms with van der Waals surface area (Å²) in [6, 6.07) is 8.15. The van der Waals surface area contributed by atoms with E-state index in [2.05, 4.69) is 10.8 Å². The maximum absolute atomic E-state index is 12.1. The number of nitriles is 1. The van der Waals surface area contributed by atoms with Gasteiger partial charge in [-0.1, -0.05) is 6.07 Å². The molecule has 0 spiro atoms. The van der Waals surface area contributed by atoms with E-state index >= 15 is 0 Å². The van der Waals surface area contributed by atoms with Crippen LogP contribution < -0.4 is 9.64 Å². The van der Waals surface area contributed by atoms with E-state index < -0.39 is 6.36 Å². The van der Waals surface area contributed by atoms with Gasteiger partial charge in [0.15, 0.2) is 0 Å². The second-order valence-electron chi connectivity index (χ2n) is 4.44. The summed E-state index contributed by atoms with van der Waals surface area (Å²) in [6.45, 7) is 1.35. The predicted octanol–water partition coefficient (Wildman–Crippen LogP) is 3.33. The van der Waals surface area contributed by atoms with Gasteiger partial charge >= 0.3 is 6.36 Å². The summed E-state index contributed by atoms with van der Waals surface area (Å²) in [5.74, 6) is -0.168. The molecule has 3 nitrogen and oxygen atoms in total. The molecule has 0 radical (unpaired) electrons. The summed E-state index contributed by atoms with van der Waals surface area (Å²) >= 11 is 0. The first-order valence-corrected chi connectivity index (χ1v) is 5.98. The molecule has 0 amide bonds. The van der Waals surface area contributed by atoms with Gasteiger partial charge in [-0.15, -0.1) is 13.2 Å². The molecule has 1 aromatic carbocycles. The van der Waals surface area contributed by atoms with Gasteiger partial charge in [-0.05, 0) is 25.0 Å². The third kappa shape index (κ3) is 3.78. The third-order valence-electron chi connectivity index (χ3n) is 3.09. The van der Waals surface area contributed by atoms with Gasteiger partial charge in [0.25, 0.3) is 0 Å². The van der Waals surface area contributed by atoms with E-state index in [9.17, 15) is 13.2 Å². The van der Waals surface area contributed by atoms with Crippen LogP contribution in [0.4, 0.5) is 18.9 Å². The highest BCUT2D eigenvalue weighted by atomic mass is 19.4. The topological polar surface area (TPSA) is 36.3 Å². The molecule has 1 heterocycles. The van der Waals surface area contributed by atoms with Crippen molar-refractivity contribution >= 4 is 5.69 Å². The summed E-state index contributed by atoms with van der Waals surface area (Å²) in [4.78, 5) is 1.97. The molecule has 19 heavy (non-hydrogen) atoms. The molecule has 6 heteroatoms. The minimum atomic E-state index is -4.67. The summed E-state index contributed by atoms with van der Waals surface area (Å²) < 4.78 is 40.3. The Morgan fingerprint density at radius 1 is 1.26 bits per heavy atom. The van der Waals surface area contributed by atoms with E-state index in [1.807, 2.05) is 4.90 Å². The molecule has 1 saturated heterocycles. The van der Waals surface area contributed by atoms with Crippen LogP contribution in [-0.2, 0) is 0 Å². The molecule has 0 bridgehead atoms. The molecular formula is C13H13F3N2O. The molecule has 0 saturated carbocycles. The lowest BCUT2D eigenvalue weighted by Crippen LogP contribution is -2.33. The van der Waals surface area contributed by atoms with Crippen LogP contribution in [0.3, 0.4) is 0 Å². The highest BCUT2D eigenvalue weighted by molar-refractivity contribution is 5.51. The number of anilines is 1. The summed E-state index contributed by atoms with van der Waals surface area (Å²) in [7, 11) is 0. The lowest BCUT2D eigenvalue weighted by Gasteiger charge is -2.31. The fourth-order valence-electron chi connectivity index (χ4n) is 2.14. The Bertz CT molecular complexity index is 474. The molecule has 0 unspecified atom stereocenters. The number of hydrogen-bond acceptors (Lipinski definition) is 3. The Labute approximate surface area is 109 Å². The molecule has 2 rings (SSSR count). The fourth-order valence-corrected chi connectivity index (χ4v) is 2.14. The van der Waals surface area contributed by atoms with E-state index in [1.165, 1.54) is 18.2 Å². The number of halogens is 3. The Morgan fingerprint density at radius 2 is 1.95 bits per heavy atom. The van der Waals surface area contributed by atoms with E-state index in [-0.39, 0.29) is 11.7 Å². The van der Waals surface area contributed by atoms with Gasteiger partial charge in [-0.25, -0.2) is 0 Å². The smallest absolute Gasteiger partial charge is 0.406 e. The Hall–Kier alpha value is -1.90.